The van der Waals surface area contributed by atoms with Crippen LogP contribution in [0.2, 0.25) is 0 Å². The molecule has 0 fully saturated rings. The second kappa shape index (κ2) is 22.2. The summed E-state index contributed by atoms with van der Waals surface area (Å²) in [4.78, 5) is 19.6. The summed E-state index contributed by atoms with van der Waals surface area (Å²) in [5, 5.41) is 10.1. The molecule has 0 aliphatic carbocycles. The van der Waals surface area contributed by atoms with E-state index in [1.54, 1.807) is 36.4 Å². The Labute approximate surface area is 452 Å². The SMILES string of the molecule is O=S(=O)(O)c1ccc(S(=O)(=O)O)c(Nc2nc(Nc3ccc(/C=C\c4ccc(Nc5nc(Nc6cc(S(=O)(=O)O)ccc6S(=O)(=O)O)nc(Oc6ccccc6)n5)cc4S(=O)(=O)O)c(S(=O)(=O)O)c3)nc(Oc3ccccc3)n2)c1. The summed E-state index contributed by atoms with van der Waals surface area (Å²) in [6.07, 6.45) is 2.09. The molecule has 0 amide bonds. The van der Waals surface area contributed by atoms with E-state index in [9.17, 15) is 77.8 Å². The molecule has 6 aromatic carbocycles. The summed E-state index contributed by atoms with van der Waals surface area (Å²) in [5.41, 5.74) is -2.20. The van der Waals surface area contributed by atoms with Gasteiger partial charge in [-0.2, -0.15) is 80.4 Å². The quantitative estimate of drug-likeness (QED) is 0.0297. The van der Waals surface area contributed by atoms with Crippen LogP contribution in [0.15, 0.2) is 163 Å². The Morgan fingerprint density at radius 3 is 0.975 bits per heavy atom. The molecule has 0 saturated heterocycles. The smallest absolute Gasteiger partial charge is 0.328 e. The molecule has 0 radical (unpaired) electrons. The zero-order chi connectivity index (χ0) is 58.0. The van der Waals surface area contributed by atoms with Crippen LogP contribution >= 0.6 is 0 Å². The maximum atomic E-state index is 12.9. The summed E-state index contributed by atoms with van der Waals surface area (Å²) >= 11 is 0. The molecule has 0 aliphatic rings. The molecular formula is C44H34N10O20S6. The van der Waals surface area contributed by atoms with Crippen LogP contribution in [0.5, 0.6) is 23.5 Å². The zero-order valence-corrected chi connectivity index (χ0v) is 44.3. The number of anilines is 8. The molecule has 0 aliphatic heterocycles. The molecule has 8 aromatic rings. The summed E-state index contributed by atoms with van der Waals surface area (Å²) < 4.78 is 219. The predicted molar refractivity (Wildman–Crippen MR) is 279 cm³/mol. The second-order valence-electron chi connectivity index (χ2n) is 15.9. The molecule has 30 nitrogen and oxygen atoms in total. The molecule has 8 rings (SSSR count). The monoisotopic (exact) mass is 1210 g/mol. The molecule has 0 saturated carbocycles. The maximum absolute atomic E-state index is 12.9. The van der Waals surface area contributed by atoms with Crippen molar-refractivity contribution in [3.05, 3.63) is 145 Å². The van der Waals surface area contributed by atoms with Gasteiger partial charge in [-0.25, -0.2) is 0 Å². The van der Waals surface area contributed by atoms with E-state index in [1.807, 2.05) is 0 Å². The van der Waals surface area contributed by atoms with Gasteiger partial charge in [0.25, 0.3) is 60.7 Å². The summed E-state index contributed by atoms with van der Waals surface area (Å²) in [5.74, 6) is -1.76. The van der Waals surface area contributed by atoms with Crippen LogP contribution in [-0.4, -0.2) is 108 Å². The average molecular weight is 1220 g/mol. The summed E-state index contributed by atoms with van der Waals surface area (Å²) in [6, 6.07) is 25.1. The van der Waals surface area contributed by atoms with Gasteiger partial charge >= 0.3 is 12.0 Å². The Morgan fingerprint density at radius 2 is 0.662 bits per heavy atom. The van der Waals surface area contributed by atoms with E-state index in [0.29, 0.717) is 36.4 Å². The van der Waals surface area contributed by atoms with Crippen molar-refractivity contribution in [3.8, 4) is 23.5 Å². The molecule has 2 aromatic heterocycles. The fourth-order valence-corrected chi connectivity index (χ4v) is 10.5. The Morgan fingerprint density at radius 1 is 0.338 bits per heavy atom. The molecule has 36 heteroatoms. The van der Waals surface area contributed by atoms with Crippen LogP contribution in [0.3, 0.4) is 0 Å². The minimum atomic E-state index is -5.15. The van der Waals surface area contributed by atoms with Gasteiger partial charge in [0.1, 0.15) is 31.1 Å². The average Bonchev–Trinajstić information content (AvgIpc) is 3.35. The van der Waals surface area contributed by atoms with Crippen molar-refractivity contribution in [1.82, 2.24) is 29.9 Å². The van der Waals surface area contributed by atoms with Gasteiger partial charge in [-0.1, -0.05) is 60.7 Å². The number of benzene rings is 6. The van der Waals surface area contributed by atoms with Gasteiger partial charge in [0.05, 0.1) is 21.2 Å². The lowest BCUT2D eigenvalue weighted by Crippen LogP contribution is -2.10. The lowest BCUT2D eigenvalue weighted by molar-refractivity contribution is 0.441. The van der Waals surface area contributed by atoms with Crippen LogP contribution in [0.4, 0.5) is 46.5 Å². The molecule has 0 spiro atoms. The van der Waals surface area contributed by atoms with E-state index >= 15 is 0 Å². The highest BCUT2D eigenvalue weighted by molar-refractivity contribution is 7.87. The largest absolute Gasteiger partial charge is 0.424 e. The zero-order valence-electron chi connectivity index (χ0n) is 39.4. The lowest BCUT2D eigenvalue weighted by atomic mass is 10.1. The van der Waals surface area contributed by atoms with Crippen molar-refractivity contribution in [2.45, 2.75) is 29.4 Å². The first kappa shape index (κ1) is 57.5. The van der Waals surface area contributed by atoms with Crippen molar-refractivity contribution in [3.63, 3.8) is 0 Å². The fourth-order valence-electron chi connectivity index (χ4n) is 6.83. The van der Waals surface area contributed by atoms with Gasteiger partial charge in [0, 0.05) is 11.4 Å². The van der Waals surface area contributed by atoms with E-state index < -0.39 is 137 Å². The first-order chi connectivity index (χ1) is 37.3. The van der Waals surface area contributed by atoms with Gasteiger partial charge in [0.15, 0.2) is 0 Å². The number of nitrogens with one attached hydrogen (secondary N) is 4. The Kier molecular flexibility index (Phi) is 16.0. The van der Waals surface area contributed by atoms with Crippen LogP contribution < -0.4 is 30.7 Å². The highest BCUT2D eigenvalue weighted by Crippen LogP contribution is 2.33. The number of hydrogen-bond donors (Lipinski definition) is 10. The van der Waals surface area contributed by atoms with Crippen LogP contribution in [0.1, 0.15) is 11.1 Å². The first-order valence-corrected chi connectivity index (χ1v) is 30.1. The topological polar surface area (TPSA) is 470 Å². The number of rotatable bonds is 20. The lowest BCUT2D eigenvalue weighted by Gasteiger charge is -2.14. The molecule has 10 N–H and O–H groups in total. The van der Waals surface area contributed by atoms with Gasteiger partial charge < -0.3 is 30.7 Å². The van der Waals surface area contributed by atoms with Crippen LogP contribution in [0, 0.1) is 0 Å². The third kappa shape index (κ3) is 14.7. The summed E-state index contributed by atoms with van der Waals surface area (Å²) in [7, 11) is -30.3. The second-order valence-corrected chi connectivity index (χ2v) is 24.3. The number of aromatic nitrogens is 6. The van der Waals surface area contributed by atoms with E-state index in [-0.39, 0.29) is 34.0 Å². The number of hydrogen-bond acceptors (Lipinski definition) is 24. The Balaban J connectivity index is 1.12. The van der Waals surface area contributed by atoms with Crippen molar-refractivity contribution in [2.75, 3.05) is 21.3 Å². The highest BCUT2D eigenvalue weighted by Gasteiger charge is 2.25. The Hall–Kier alpha value is -8.66. The molecule has 2 heterocycles. The highest BCUT2D eigenvalue weighted by atomic mass is 32.2. The number of para-hydroxylation sites is 2. The van der Waals surface area contributed by atoms with Gasteiger partial charge in [-0.15, -0.1) is 0 Å². The normalized spacial score (nSPS) is 12.4. The minimum absolute atomic E-state index is 0.163. The molecule has 80 heavy (non-hydrogen) atoms. The number of ether oxygens (including phenoxy) is 2. The van der Waals surface area contributed by atoms with Crippen molar-refractivity contribution in [1.29, 1.82) is 0 Å². The first-order valence-electron chi connectivity index (χ1n) is 21.5. The van der Waals surface area contributed by atoms with E-state index in [0.717, 1.165) is 36.4 Å². The van der Waals surface area contributed by atoms with Crippen molar-refractivity contribution >= 4 is 119 Å². The van der Waals surface area contributed by atoms with Gasteiger partial charge in [-0.3, -0.25) is 27.3 Å². The molecule has 0 bridgehead atoms. The fraction of sp³-hybridized carbons (Fsp3) is 0. The third-order valence-electron chi connectivity index (χ3n) is 10.2. The maximum Gasteiger partial charge on any atom is 0.328 e. The minimum Gasteiger partial charge on any atom is -0.424 e. The van der Waals surface area contributed by atoms with E-state index in [2.05, 4.69) is 51.2 Å². The number of nitrogens with zero attached hydrogens (tertiary/aromatic N) is 6. The molecular weight excluding hydrogens is 1180 g/mol. The van der Waals surface area contributed by atoms with Crippen molar-refractivity contribution in [2.24, 2.45) is 0 Å². The third-order valence-corrected chi connectivity index (χ3v) is 15.6. The van der Waals surface area contributed by atoms with E-state index in [1.165, 1.54) is 36.4 Å². The molecule has 0 atom stereocenters. The van der Waals surface area contributed by atoms with Crippen LogP contribution in [-0.2, 0) is 60.7 Å². The van der Waals surface area contributed by atoms with E-state index in [4.69, 9.17) is 9.47 Å². The van der Waals surface area contributed by atoms with Crippen LogP contribution in [0.25, 0.3) is 12.2 Å². The Bertz CT molecular complexity index is 4210. The van der Waals surface area contributed by atoms with Crippen molar-refractivity contribution < 1.29 is 87.3 Å². The molecule has 416 valence electrons. The standard InChI is InChI=1S/C44H34N10O20S6/c55-75(56,57)31-17-19-35(77(61,62)63)33(23-31)47-41-49-39(51-43(53-41)73-29-7-3-1-4-8-29)45-27-15-13-25(37(21-27)79(67,68)69)11-12-26-14-16-28(22-38(26)80(70,71)72)46-40-50-42(54-44(52-40)74-30-9-5-2-6-10-30)48-34-24-32(76(58,59)60)18-20-36(34)78(64,65)66/h1-24H,(H,55,56,57)(H,58,59,60)(H,61,62,63)(H,64,65,66)(H,67,68,69)(H,70,71,72)(H2,45,47,49,51,53)(H2,46,48,50,52,54)/b12-11-. The van der Waals surface area contributed by atoms with Gasteiger partial charge in [0.2, 0.25) is 23.8 Å². The molecule has 0 unspecified atom stereocenters. The summed E-state index contributed by atoms with van der Waals surface area (Å²) in [6.45, 7) is 0. The van der Waals surface area contributed by atoms with Gasteiger partial charge in [-0.05, 0) is 96.1 Å². The predicted octanol–water partition coefficient (Wildman–Crippen LogP) is 6.27.